The molecule has 3 aromatic carbocycles. The molecule has 3 aromatic rings. The SMILES string of the molecule is CN1CCN(CC(=O)N(C)c2ccc(N=C(c3ccc4c(c3)OCO4)C3C(=O)Nc4cc(Br)ccc43)cc2)CC1. The quantitative estimate of drug-likeness (QED) is 0.424. The average Bonchev–Trinajstić information content (AvgIpc) is 3.55. The number of carbonyl (C=O) groups excluding carboxylic acids is 2. The first-order chi connectivity index (χ1) is 19.4. The number of hydrogen-bond donors (Lipinski definition) is 1. The van der Waals surface area contributed by atoms with Gasteiger partial charge in [-0.2, -0.15) is 0 Å². The van der Waals surface area contributed by atoms with Gasteiger partial charge in [-0.25, -0.2) is 0 Å². The Hall–Kier alpha value is -3.73. The number of likely N-dealkylation sites (N-methyl/N-ethyl adjacent to an activating group) is 2. The van der Waals surface area contributed by atoms with Gasteiger partial charge in [0.15, 0.2) is 11.5 Å². The van der Waals surface area contributed by atoms with Gasteiger partial charge < -0.3 is 24.6 Å². The van der Waals surface area contributed by atoms with Gasteiger partial charge >= 0.3 is 0 Å². The van der Waals surface area contributed by atoms with Crippen LogP contribution in [0.4, 0.5) is 17.1 Å². The van der Waals surface area contributed by atoms with Gasteiger partial charge in [-0.3, -0.25) is 19.5 Å². The van der Waals surface area contributed by atoms with Gasteiger partial charge in [-0.15, -0.1) is 0 Å². The number of aliphatic imine (C=N–C) groups is 1. The Bertz CT molecular complexity index is 1480. The molecule has 0 bridgehead atoms. The van der Waals surface area contributed by atoms with E-state index in [1.165, 1.54) is 0 Å². The molecule has 40 heavy (non-hydrogen) atoms. The molecule has 0 saturated carbocycles. The number of benzene rings is 3. The number of halogens is 1. The number of fused-ring (bicyclic) bond motifs is 2. The summed E-state index contributed by atoms with van der Waals surface area (Å²) in [7, 11) is 3.90. The fraction of sp³-hybridized carbons (Fsp3) is 0.300. The van der Waals surface area contributed by atoms with E-state index in [1.54, 1.807) is 11.9 Å². The number of nitrogens with zero attached hydrogens (tertiary/aromatic N) is 4. The van der Waals surface area contributed by atoms with Gasteiger partial charge in [0.1, 0.15) is 5.92 Å². The summed E-state index contributed by atoms with van der Waals surface area (Å²) in [5, 5.41) is 2.99. The number of carbonyl (C=O) groups is 2. The van der Waals surface area contributed by atoms with Crippen LogP contribution in [0.3, 0.4) is 0 Å². The van der Waals surface area contributed by atoms with Gasteiger partial charge in [-0.1, -0.05) is 22.0 Å². The Morgan fingerprint density at radius 2 is 1.77 bits per heavy atom. The minimum atomic E-state index is -0.601. The van der Waals surface area contributed by atoms with Crippen LogP contribution in [0.2, 0.25) is 0 Å². The molecule has 3 aliphatic rings. The molecule has 3 aliphatic heterocycles. The van der Waals surface area contributed by atoms with Crippen LogP contribution in [0.25, 0.3) is 0 Å². The molecule has 3 heterocycles. The van der Waals surface area contributed by atoms with Crippen molar-refractivity contribution in [3.63, 3.8) is 0 Å². The van der Waals surface area contributed by atoms with Crippen molar-refractivity contribution in [1.29, 1.82) is 0 Å². The second kappa shape index (κ2) is 11.0. The number of rotatable bonds is 6. The smallest absolute Gasteiger partial charge is 0.240 e. The van der Waals surface area contributed by atoms with E-state index in [2.05, 4.69) is 38.1 Å². The van der Waals surface area contributed by atoms with E-state index in [4.69, 9.17) is 14.5 Å². The summed E-state index contributed by atoms with van der Waals surface area (Å²) in [6.07, 6.45) is 0. The van der Waals surface area contributed by atoms with E-state index in [0.29, 0.717) is 29.4 Å². The largest absolute Gasteiger partial charge is 0.454 e. The molecule has 0 radical (unpaired) electrons. The maximum atomic E-state index is 13.3. The predicted molar refractivity (Wildman–Crippen MR) is 158 cm³/mol. The summed E-state index contributed by atoms with van der Waals surface area (Å²) in [6.45, 7) is 4.27. The van der Waals surface area contributed by atoms with Crippen molar-refractivity contribution in [2.75, 3.05) is 63.8 Å². The standard InChI is InChI=1S/C30H30BrN5O4/c1-34-11-13-36(14-12-34)17-27(37)35(2)22-7-5-21(6-8-22)32-29(19-3-10-25-26(15-19)40-18-39-25)28-23-9-4-20(31)16-24(23)33-30(28)38/h3-10,15-16,28H,11-14,17-18H2,1-2H3,(H,33,38). The van der Waals surface area contributed by atoms with Crippen molar-refractivity contribution < 1.29 is 19.1 Å². The first-order valence-corrected chi connectivity index (χ1v) is 14.0. The van der Waals surface area contributed by atoms with Crippen LogP contribution in [-0.2, 0) is 9.59 Å². The lowest BCUT2D eigenvalue weighted by atomic mass is 9.90. The molecule has 0 spiro atoms. The Morgan fingerprint density at radius 3 is 2.55 bits per heavy atom. The Labute approximate surface area is 241 Å². The Balaban J connectivity index is 1.29. The van der Waals surface area contributed by atoms with E-state index in [0.717, 1.165) is 53.2 Å². The van der Waals surface area contributed by atoms with Crippen molar-refractivity contribution in [2.24, 2.45) is 4.99 Å². The highest BCUT2D eigenvalue weighted by Gasteiger charge is 2.36. The van der Waals surface area contributed by atoms with Crippen molar-refractivity contribution >= 4 is 50.5 Å². The van der Waals surface area contributed by atoms with E-state index in [9.17, 15) is 9.59 Å². The highest BCUT2D eigenvalue weighted by atomic mass is 79.9. The molecule has 206 valence electrons. The van der Waals surface area contributed by atoms with Gasteiger partial charge in [0.25, 0.3) is 0 Å². The number of nitrogens with one attached hydrogen (secondary N) is 1. The number of anilines is 2. The van der Waals surface area contributed by atoms with Crippen LogP contribution in [0.15, 0.2) is 70.1 Å². The molecule has 10 heteroatoms. The third-order valence-corrected chi connectivity index (χ3v) is 8.10. The van der Waals surface area contributed by atoms with Crippen molar-refractivity contribution in [1.82, 2.24) is 9.80 Å². The predicted octanol–water partition coefficient (Wildman–Crippen LogP) is 4.24. The number of piperazine rings is 1. The maximum Gasteiger partial charge on any atom is 0.240 e. The van der Waals surface area contributed by atoms with Crippen molar-refractivity contribution in [3.8, 4) is 11.5 Å². The fourth-order valence-electron chi connectivity index (χ4n) is 5.19. The van der Waals surface area contributed by atoms with E-state index in [1.807, 2.05) is 60.7 Å². The normalized spacial score (nSPS) is 18.9. The van der Waals surface area contributed by atoms with Crippen molar-refractivity contribution in [3.05, 3.63) is 76.3 Å². The monoisotopic (exact) mass is 603 g/mol. The summed E-state index contributed by atoms with van der Waals surface area (Å²) >= 11 is 3.49. The third-order valence-electron chi connectivity index (χ3n) is 7.60. The lowest BCUT2D eigenvalue weighted by Gasteiger charge is -2.32. The number of ether oxygens (including phenoxy) is 2. The summed E-state index contributed by atoms with van der Waals surface area (Å²) < 4.78 is 12.0. The minimum absolute atomic E-state index is 0.0484. The molecule has 1 saturated heterocycles. The fourth-order valence-corrected chi connectivity index (χ4v) is 5.56. The topological polar surface area (TPSA) is 86.7 Å². The molecule has 9 nitrogen and oxygen atoms in total. The molecular formula is C30H30BrN5O4. The highest BCUT2D eigenvalue weighted by molar-refractivity contribution is 9.10. The lowest BCUT2D eigenvalue weighted by molar-refractivity contribution is -0.120. The molecular weight excluding hydrogens is 574 g/mol. The zero-order valence-corrected chi connectivity index (χ0v) is 24.0. The van der Waals surface area contributed by atoms with Gasteiger partial charge in [-0.05, 0) is 67.2 Å². The van der Waals surface area contributed by atoms with Crippen LogP contribution in [0.5, 0.6) is 11.5 Å². The van der Waals surface area contributed by atoms with Crippen LogP contribution >= 0.6 is 15.9 Å². The van der Waals surface area contributed by atoms with Crippen LogP contribution in [-0.4, -0.2) is 80.9 Å². The number of amides is 2. The summed E-state index contributed by atoms with van der Waals surface area (Å²) in [5.41, 5.74) is 4.45. The zero-order valence-electron chi connectivity index (χ0n) is 22.4. The number of hydrogen-bond acceptors (Lipinski definition) is 7. The second-order valence-electron chi connectivity index (χ2n) is 10.3. The van der Waals surface area contributed by atoms with Gasteiger partial charge in [0, 0.05) is 54.6 Å². The first-order valence-electron chi connectivity index (χ1n) is 13.2. The lowest BCUT2D eigenvalue weighted by Crippen LogP contribution is -2.48. The third kappa shape index (κ3) is 5.34. The molecule has 1 N–H and O–H groups in total. The Morgan fingerprint density at radius 1 is 1.02 bits per heavy atom. The molecule has 6 rings (SSSR count). The van der Waals surface area contributed by atoms with E-state index in [-0.39, 0.29) is 18.6 Å². The van der Waals surface area contributed by atoms with Crippen LogP contribution in [0, 0.1) is 0 Å². The van der Waals surface area contributed by atoms with Crippen LogP contribution in [0.1, 0.15) is 17.0 Å². The summed E-state index contributed by atoms with van der Waals surface area (Å²) in [6, 6.07) is 18.9. The molecule has 2 amide bonds. The van der Waals surface area contributed by atoms with Gasteiger partial charge in [0.2, 0.25) is 18.6 Å². The zero-order chi connectivity index (χ0) is 27.8. The van der Waals surface area contributed by atoms with E-state index < -0.39 is 5.92 Å². The molecule has 1 unspecified atom stereocenters. The minimum Gasteiger partial charge on any atom is -0.454 e. The summed E-state index contributed by atoms with van der Waals surface area (Å²) in [5.74, 6) is 0.589. The van der Waals surface area contributed by atoms with Crippen molar-refractivity contribution in [2.45, 2.75) is 5.92 Å². The Kier molecular flexibility index (Phi) is 7.31. The first kappa shape index (κ1) is 26.5. The molecule has 1 fully saturated rings. The average molecular weight is 605 g/mol. The molecule has 1 atom stereocenters. The molecule has 0 aromatic heterocycles. The van der Waals surface area contributed by atoms with Crippen LogP contribution < -0.4 is 19.7 Å². The van der Waals surface area contributed by atoms with E-state index >= 15 is 0 Å². The highest BCUT2D eigenvalue weighted by Crippen LogP contribution is 2.40. The van der Waals surface area contributed by atoms with Gasteiger partial charge in [0.05, 0.1) is 17.9 Å². The second-order valence-corrected chi connectivity index (χ2v) is 11.2. The maximum absolute atomic E-state index is 13.3. The molecule has 0 aliphatic carbocycles. The summed E-state index contributed by atoms with van der Waals surface area (Å²) in [4.78, 5) is 37.4.